The van der Waals surface area contributed by atoms with E-state index in [4.69, 9.17) is 0 Å². The number of rotatable bonds is 7. The largest absolute Gasteiger partial charge is 0.411 e. The van der Waals surface area contributed by atoms with Crippen molar-refractivity contribution in [3.63, 3.8) is 0 Å². The van der Waals surface area contributed by atoms with Crippen LogP contribution < -0.4 is 5.32 Å². The molecule has 9 heteroatoms. The number of ether oxygens (including phenoxy) is 1. The van der Waals surface area contributed by atoms with Crippen LogP contribution in [0.1, 0.15) is 21.6 Å². The molecule has 0 bridgehead atoms. The third-order valence-corrected chi connectivity index (χ3v) is 5.36. The summed E-state index contributed by atoms with van der Waals surface area (Å²) in [5.74, 6) is -0.272. The van der Waals surface area contributed by atoms with E-state index in [2.05, 4.69) is 15.0 Å². The second-order valence-electron chi connectivity index (χ2n) is 5.62. The number of alkyl halides is 3. The molecule has 2 heterocycles. The molecule has 1 aromatic carbocycles. The van der Waals surface area contributed by atoms with Crippen LogP contribution in [0.25, 0.3) is 9.88 Å². The lowest BCUT2D eigenvalue weighted by Gasteiger charge is -2.08. The lowest BCUT2D eigenvalue weighted by Crippen LogP contribution is -2.23. The first-order chi connectivity index (χ1) is 12.9. The molecule has 0 aliphatic rings. The molecule has 0 spiro atoms. The quantitative estimate of drug-likeness (QED) is 0.602. The lowest BCUT2D eigenvalue weighted by molar-refractivity contribution is -0.176. The maximum atomic E-state index is 12.2. The summed E-state index contributed by atoms with van der Waals surface area (Å²) in [5.41, 5.74) is 1.83. The SMILES string of the molecule is O=C(NCc1ccc(COCC(F)(F)F)cc1)c1csc(-c2cccs2)n1. The zero-order valence-electron chi connectivity index (χ0n) is 14.0. The number of amides is 1. The fourth-order valence-electron chi connectivity index (χ4n) is 2.20. The van der Waals surface area contributed by atoms with E-state index in [0.717, 1.165) is 15.4 Å². The molecule has 0 radical (unpaired) electrons. The third-order valence-electron chi connectivity index (χ3n) is 3.48. The van der Waals surface area contributed by atoms with Gasteiger partial charge in [0, 0.05) is 11.9 Å². The van der Waals surface area contributed by atoms with Crippen LogP contribution in [0.5, 0.6) is 0 Å². The van der Waals surface area contributed by atoms with Crippen molar-refractivity contribution in [1.29, 1.82) is 0 Å². The van der Waals surface area contributed by atoms with E-state index in [9.17, 15) is 18.0 Å². The van der Waals surface area contributed by atoms with Gasteiger partial charge in [0.15, 0.2) is 0 Å². The molecule has 0 aliphatic carbocycles. The summed E-state index contributed by atoms with van der Waals surface area (Å²) in [6.07, 6.45) is -4.33. The van der Waals surface area contributed by atoms with Crippen LogP contribution in [0.2, 0.25) is 0 Å². The van der Waals surface area contributed by atoms with E-state index >= 15 is 0 Å². The van der Waals surface area contributed by atoms with Crippen molar-refractivity contribution < 1.29 is 22.7 Å². The molecule has 1 N–H and O–H groups in total. The van der Waals surface area contributed by atoms with Crippen LogP contribution in [0.4, 0.5) is 13.2 Å². The number of benzene rings is 1. The van der Waals surface area contributed by atoms with Gasteiger partial charge in [0.25, 0.3) is 5.91 Å². The molecule has 142 valence electrons. The monoisotopic (exact) mass is 412 g/mol. The molecule has 0 unspecified atom stereocenters. The number of thiophene rings is 1. The normalized spacial score (nSPS) is 11.5. The van der Waals surface area contributed by atoms with Gasteiger partial charge in [0.2, 0.25) is 0 Å². The molecular weight excluding hydrogens is 397 g/mol. The van der Waals surface area contributed by atoms with Gasteiger partial charge in [-0.1, -0.05) is 30.3 Å². The van der Waals surface area contributed by atoms with E-state index in [1.54, 1.807) is 41.0 Å². The summed E-state index contributed by atoms with van der Waals surface area (Å²) in [6.45, 7) is -1.09. The Bertz CT molecular complexity index is 875. The number of halogens is 3. The van der Waals surface area contributed by atoms with Crippen LogP contribution in [0.15, 0.2) is 47.2 Å². The highest BCUT2D eigenvalue weighted by molar-refractivity contribution is 7.20. The average molecular weight is 412 g/mol. The van der Waals surface area contributed by atoms with E-state index in [-0.39, 0.29) is 12.5 Å². The number of hydrogen-bond donors (Lipinski definition) is 1. The fourth-order valence-corrected chi connectivity index (χ4v) is 3.82. The third kappa shape index (κ3) is 5.88. The van der Waals surface area contributed by atoms with Gasteiger partial charge in [-0.25, -0.2) is 4.98 Å². The predicted molar refractivity (Wildman–Crippen MR) is 98.8 cm³/mol. The Labute approximate surface area is 161 Å². The minimum absolute atomic E-state index is 0.115. The first-order valence-corrected chi connectivity index (χ1v) is 9.66. The van der Waals surface area contributed by atoms with Crippen molar-refractivity contribution in [1.82, 2.24) is 10.3 Å². The van der Waals surface area contributed by atoms with E-state index in [1.807, 2.05) is 17.5 Å². The molecule has 0 fully saturated rings. The van der Waals surface area contributed by atoms with Gasteiger partial charge in [-0.15, -0.1) is 22.7 Å². The maximum absolute atomic E-state index is 12.2. The van der Waals surface area contributed by atoms with Crippen molar-refractivity contribution in [2.24, 2.45) is 0 Å². The molecule has 0 aliphatic heterocycles. The summed E-state index contributed by atoms with van der Waals surface area (Å²) >= 11 is 2.98. The van der Waals surface area contributed by atoms with Crippen LogP contribution in [0, 0.1) is 0 Å². The van der Waals surface area contributed by atoms with Gasteiger partial charge in [-0.3, -0.25) is 4.79 Å². The lowest BCUT2D eigenvalue weighted by atomic mass is 10.1. The van der Waals surface area contributed by atoms with Crippen molar-refractivity contribution in [3.8, 4) is 9.88 Å². The van der Waals surface area contributed by atoms with Crippen molar-refractivity contribution in [2.75, 3.05) is 6.61 Å². The van der Waals surface area contributed by atoms with Crippen LogP contribution in [0.3, 0.4) is 0 Å². The Morgan fingerprint density at radius 1 is 1.11 bits per heavy atom. The van der Waals surface area contributed by atoms with Gasteiger partial charge in [-0.05, 0) is 22.6 Å². The first-order valence-electron chi connectivity index (χ1n) is 7.90. The Morgan fingerprint density at radius 3 is 2.52 bits per heavy atom. The Kier molecular flexibility index (Phi) is 6.25. The number of nitrogens with one attached hydrogen (secondary N) is 1. The van der Waals surface area contributed by atoms with Gasteiger partial charge >= 0.3 is 6.18 Å². The zero-order valence-corrected chi connectivity index (χ0v) is 15.6. The standard InChI is InChI=1S/C18H15F3N2O2S2/c19-18(20,21)11-25-9-13-5-3-12(4-6-13)8-22-16(24)14-10-27-17(23-14)15-2-1-7-26-15/h1-7,10H,8-9,11H2,(H,22,24). The maximum Gasteiger partial charge on any atom is 0.411 e. The number of nitrogens with zero attached hydrogens (tertiary/aromatic N) is 1. The molecule has 3 aromatic rings. The predicted octanol–water partition coefficient (Wildman–Crippen LogP) is 4.88. The summed E-state index contributed by atoms with van der Waals surface area (Å²) in [5, 5.41) is 7.26. The highest BCUT2D eigenvalue weighted by Gasteiger charge is 2.27. The number of hydrogen-bond acceptors (Lipinski definition) is 5. The Balaban J connectivity index is 1.49. The van der Waals surface area contributed by atoms with Gasteiger partial charge in [-0.2, -0.15) is 13.2 Å². The number of carbonyl (C=O) groups excluding carboxylic acids is 1. The summed E-state index contributed by atoms with van der Waals surface area (Å²) in [4.78, 5) is 17.6. The summed E-state index contributed by atoms with van der Waals surface area (Å²) in [6, 6.07) is 10.7. The van der Waals surface area contributed by atoms with Crippen LogP contribution >= 0.6 is 22.7 Å². The van der Waals surface area contributed by atoms with E-state index < -0.39 is 12.8 Å². The number of thiazole rings is 1. The second-order valence-corrected chi connectivity index (χ2v) is 7.43. The molecule has 4 nitrogen and oxygen atoms in total. The van der Waals surface area contributed by atoms with Crippen molar-refractivity contribution in [3.05, 3.63) is 64.0 Å². The second kappa shape index (κ2) is 8.64. The zero-order chi connectivity index (χ0) is 19.3. The molecule has 2 aromatic heterocycles. The highest BCUT2D eigenvalue weighted by atomic mass is 32.1. The van der Waals surface area contributed by atoms with Gasteiger partial charge in [0.05, 0.1) is 11.5 Å². The molecule has 3 rings (SSSR count). The molecule has 27 heavy (non-hydrogen) atoms. The molecule has 0 saturated heterocycles. The van der Waals surface area contributed by atoms with Crippen molar-refractivity contribution >= 4 is 28.6 Å². The Hall–Kier alpha value is -2.23. The van der Waals surface area contributed by atoms with Crippen LogP contribution in [-0.4, -0.2) is 23.7 Å². The minimum Gasteiger partial charge on any atom is -0.367 e. The fraction of sp³-hybridized carbons (Fsp3) is 0.222. The molecule has 1 amide bonds. The number of carbonyl (C=O) groups is 1. The molecule has 0 atom stereocenters. The topological polar surface area (TPSA) is 51.2 Å². The highest BCUT2D eigenvalue weighted by Crippen LogP contribution is 2.27. The number of aromatic nitrogens is 1. The molecular formula is C18H15F3N2O2S2. The summed E-state index contributed by atoms with van der Waals surface area (Å²) < 4.78 is 40.8. The van der Waals surface area contributed by atoms with E-state index in [0.29, 0.717) is 17.8 Å². The van der Waals surface area contributed by atoms with Gasteiger partial charge < -0.3 is 10.1 Å². The summed E-state index contributed by atoms with van der Waals surface area (Å²) in [7, 11) is 0. The first kappa shape index (κ1) is 19.5. The van der Waals surface area contributed by atoms with Gasteiger partial charge in [0.1, 0.15) is 17.3 Å². The Morgan fingerprint density at radius 2 is 1.85 bits per heavy atom. The van der Waals surface area contributed by atoms with Crippen LogP contribution in [-0.2, 0) is 17.9 Å². The smallest absolute Gasteiger partial charge is 0.367 e. The molecule has 0 saturated carbocycles. The van der Waals surface area contributed by atoms with E-state index in [1.165, 1.54) is 11.3 Å². The average Bonchev–Trinajstić information content (AvgIpc) is 3.31. The minimum atomic E-state index is -4.33. The van der Waals surface area contributed by atoms with Crippen molar-refractivity contribution in [2.45, 2.75) is 19.3 Å².